The van der Waals surface area contributed by atoms with E-state index in [0.717, 1.165) is 22.5 Å². The Morgan fingerprint density at radius 1 is 1.22 bits per heavy atom. The molecule has 23 heavy (non-hydrogen) atoms. The highest BCUT2D eigenvalue weighted by Gasteiger charge is 2.28. The van der Waals surface area contributed by atoms with Crippen molar-refractivity contribution in [3.8, 4) is 0 Å². The predicted octanol–water partition coefficient (Wildman–Crippen LogP) is 2.79. The van der Waals surface area contributed by atoms with E-state index in [1.807, 2.05) is 38.1 Å². The van der Waals surface area contributed by atoms with Crippen LogP contribution in [0.15, 0.2) is 35.9 Å². The fourth-order valence-electron chi connectivity index (χ4n) is 3.09. The average Bonchev–Trinajstić information content (AvgIpc) is 2.51. The maximum absolute atomic E-state index is 10.1. The van der Waals surface area contributed by atoms with E-state index in [4.69, 9.17) is 5.73 Å². The molecule has 3 N–H and O–H groups in total. The second kappa shape index (κ2) is 5.53. The third-order valence-corrected chi connectivity index (χ3v) is 4.38. The summed E-state index contributed by atoms with van der Waals surface area (Å²) in [7, 11) is 3.87. The summed E-state index contributed by atoms with van der Waals surface area (Å²) in [4.78, 5) is 15.0. The fourth-order valence-corrected chi connectivity index (χ4v) is 3.09. The van der Waals surface area contributed by atoms with Gasteiger partial charge in [-0.15, -0.1) is 0 Å². The van der Waals surface area contributed by atoms with Gasteiger partial charge in [0, 0.05) is 20.0 Å². The van der Waals surface area contributed by atoms with E-state index < -0.39 is 0 Å². The lowest BCUT2D eigenvalue weighted by atomic mass is 9.78. The molecule has 0 unspecified atom stereocenters. The zero-order valence-corrected chi connectivity index (χ0v) is 13.8. The Balaban J connectivity index is 2.32. The summed E-state index contributed by atoms with van der Waals surface area (Å²) in [5.74, 6) is 1.74. The number of nitrogens with two attached hydrogens (primary N) is 1. The van der Waals surface area contributed by atoms with Crippen LogP contribution in [0.2, 0.25) is 0 Å². The Kier molecular flexibility index (Phi) is 3.67. The number of nitrogen functional groups attached to an aromatic ring is 1. The molecule has 2 heterocycles. The number of pyridine rings is 1. The van der Waals surface area contributed by atoms with Gasteiger partial charge in [-0.25, -0.2) is 15.0 Å². The number of hydrogen-bond acceptors (Lipinski definition) is 6. The second-order valence-electron chi connectivity index (χ2n) is 6.18. The zero-order valence-electron chi connectivity index (χ0n) is 13.8. The van der Waals surface area contributed by atoms with Crippen LogP contribution in [-0.2, 0) is 0 Å². The van der Waals surface area contributed by atoms with Crippen molar-refractivity contribution in [3.63, 3.8) is 0 Å². The first-order valence-electron chi connectivity index (χ1n) is 7.56. The molecule has 0 bridgehead atoms. The summed E-state index contributed by atoms with van der Waals surface area (Å²) in [5, 5.41) is 10.1. The smallest absolute Gasteiger partial charge is 0.153 e. The fraction of sp³-hybridized carbons (Fsp3) is 0.353. The quantitative estimate of drug-likeness (QED) is 0.886. The van der Waals surface area contributed by atoms with Crippen molar-refractivity contribution < 1.29 is 5.11 Å². The van der Waals surface area contributed by atoms with E-state index >= 15 is 0 Å². The van der Waals surface area contributed by atoms with Gasteiger partial charge in [-0.05, 0) is 36.1 Å². The summed E-state index contributed by atoms with van der Waals surface area (Å²) in [5.41, 5.74) is 9.28. The molecule has 2 aromatic heterocycles. The molecule has 6 heteroatoms. The maximum Gasteiger partial charge on any atom is 0.153 e. The standard InChI is InChI=1S/C17H21N5O/c1-9-5-6-12(23)10(2)14(9)11-7-13(22(3)4)21-16-15(11)19-8-20-17(16)18/h5-9,14,23H,1-4H3,(H2,18,19,20)/t9-,14-/m1/s1. The van der Waals surface area contributed by atoms with Crippen molar-refractivity contribution in [2.24, 2.45) is 5.92 Å². The van der Waals surface area contributed by atoms with Gasteiger partial charge < -0.3 is 15.7 Å². The van der Waals surface area contributed by atoms with Gasteiger partial charge in [-0.3, -0.25) is 0 Å². The minimum atomic E-state index is 0.0264. The lowest BCUT2D eigenvalue weighted by molar-refractivity contribution is 0.405. The third-order valence-electron chi connectivity index (χ3n) is 4.38. The Morgan fingerprint density at radius 3 is 2.65 bits per heavy atom. The van der Waals surface area contributed by atoms with Gasteiger partial charge in [0.15, 0.2) is 5.82 Å². The number of aliphatic hydroxyl groups is 1. The molecular formula is C17H21N5O. The highest BCUT2D eigenvalue weighted by Crippen LogP contribution is 2.41. The van der Waals surface area contributed by atoms with Gasteiger partial charge in [0.2, 0.25) is 0 Å². The number of aromatic nitrogens is 3. The highest BCUT2D eigenvalue weighted by molar-refractivity contribution is 5.88. The molecule has 0 saturated carbocycles. The second-order valence-corrected chi connectivity index (χ2v) is 6.18. The number of nitrogens with zero attached hydrogens (tertiary/aromatic N) is 4. The number of hydrogen-bond donors (Lipinski definition) is 2. The lowest BCUT2D eigenvalue weighted by Gasteiger charge is -2.28. The summed E-state index contributed by atoms with van der Waals surface area (Å²) in [6, 6.07) is 2.02. The van der Waals surface area contributed by atoms with Crippen LogP contribution in [0.1, 0.15) is 25.3 Å². The molecule has 0 spiro atoms. The highest BCUT2D eigenvalue weighted by atomic mass is 16.3. The monoisotopic (exact) mass is 311 g/mol. The molecule has 0 aromatic carbocycles. The molecule has 2 atom stereocenters. The van der Waals surface area contributed by atoms with Gasteiger partial charge in [0.05, 0.1) is 5.52 Å². The zero-order chi connectivity index (χ0) is 16.7. The van der Waals surface area contributed by atoms with E-state index in [1.54, 1.807) is 6.08 Å². The molecule has 0 aliphatic heterocycles. The number of aliphatic hydroxyl groups excluding tert-OH is 1. The maximum atomic E-state index is 10.1. The third kappa shape index (κ3) is 2.50. The largest absolute Gasteiger partial charge is 0.508 e. The lowest BCUT2D eigenvalue weighted by Crippen LogP contribution is -2.18. The SMILES string of the molecule is CC1=C(O)C=C[C@@H](C)[C@H]1c1cc(N(C)C)nc2c(N)ncnc12. The number of fused-ring (bicyclic) bond motifs is 1. The van der Waals surface area contributed by atoms with Crippen LogP contribution in [0.5, 0.6) is 0 Å². The van der Waals surface area contributed by atoms with E-state index in [0.29, 0.717) is 17.1 Å². The molecular weight excluding hydrogens is 290 g/mol. The minimum absolute atomic E-state index is 0.0264. The van der Waals surface area contributed by atoms with Crippen LogP contribution in [0, 0.1) is 5.92 Å². The Hall–Kier alpha value is -2.63. The first-order valence-corrected chi connectivity index (χ1v) is 7.56. The van der Waals surface area contributed by atoms with Gasteiger partial charge in [0.1, 0.15) is 23.4 Å². The Morgan fingerprint density at radius 2 is 1.96 bits per heavy atom. The van der Waals surface area contributed by atoms with Crippen LogP contribution in [-0.4, -0.2) is 34.2 Å². The summed E-state index contributed by atoms with van der Waals surface area (Å²) in [6.45, 7) is 4.08. The molecule has 1 aliphatic carbocycles. The molecule has 0 saturated heterocycles. The summed E-state index contributed by atoms with van der Waals surface area (Å²) < 4.78 is 0. The van der Waals surface area contributed by atoms with Gasteiger partial charge in [-0.1, -0.05) is 13.0 Å². The van der Waals surface area contributed by atoms with E-state index in [9.17, 15) is 5.11 Å². The summed E-state index contributed by atoms with van der Waals surface area (Å²) in [6.07, 6.45) is 5.23. The molecule has 0 fully saturated rings. The predicted molar refractivity (Wildman–Crippen MR) is 92.4 cm³/mol. The van der Waals surface area contributed by atoms with Crippen LogP contribution in [0.3, 0.4) is 0 Å². The first kappa shape index (κ1) is 15.3. The van der Waals surface area contributed by atoms with Crippen LogP contribution < -0.4 is 10.6 Å². The van der Waals surface area contributed by atoms with Crippen LogP contribution >= 0.6 is 0 Å². The summed E-state index contributed by atoms with van der Waals surface area (Å²) >= 11 is 0. The average molecular weight is 311 g/mol. The number of anilines is 2. The van der Waals surface area contributed by atoms with Gasteiger partial charge in [-0.2, -0.15) is 0 Å². The number of rotatable bonds is 2. The van der Waals surface area contributed by atoms with E-state index in [1.165, 1.54) is 6.33 Å². The normalized spacial score (nSPS) is 21.0. The molecule has 0 radical (unpaired) electrons. The van der Waals surface area contributed by atoms with Crippen LogP contribution in [0.25, 0.3) is 11.0 Å². The first-order chi connectivity index (χ1) is 10.9. The van der Waals surface area contributed by atoms with Crippen molar-refractivity contribution in [2.45, 2.75) is 19.8 Å². The van der Waals surface area contributed by atoms with Crippen molar-refractivity contribution in [3.05, 3.63) is 41.4 Å². The Labute approximate surface area is 135 Å². The molecule has 3 rings (SSSR count). The molecule has 120 valence electrons. The Bertz CT molecular complexity index is 825. The van der Waals surface area contributed by atoms with Crippen molar-refractivity contribution in [1.82, 2.24) is 15.0 Å². The molecule has 0 amide bonds. The molecule has 6 nitrogen and oxygen atoms in total. The van der Waals surface area contributed by atoms with Crippen molar-refractivity contribution in [2.75, 3.05) is 24.7 Å². The van der Waals surface area contributed by atoms with E-state index in [2.05, 4.69) is 21.9 Å². The van der Waals surface area contributed by atoms with Crippen molar-refractivity contribution >= 4 is 22.7 Å². The van der Waals surface area contributed by atoms with Gasteiger partial charge in [0.25, 0.3) is 0 Å². The van der Waals surface area contributed by atoms with Crippen molar-refractivity contribution in [1.29, 1.82) is 0 Å². The molecule has 2 aromatic rings. The van der Waals surface area contributed by atoms with Gasteiger partial charge >= 0.3 is 0 Å². The molecule has 1 aliphatic rings. The number of allylic oxidation sites excluding steroid dienone is 3. The topological polar surface area (TPSA) is 88.2 Å². The van der Waals surface area contributed by atoms with E-state index in [-0.39, 0.29) is 11.8 Å². The minimum Gasteiger partial charge on any atom is -0.508 e. The van der Waals surface area contributed by atoms with Crippen LogP contribution in [0.4, 0.5) is 11.6 Å².